The summed E-state index contributed by atoms with van der Waals surface area (Å²) in [5.41, 5.74) is 0.597. The van der Waals surface area contributed by atoms with Crippen molar-refractivity contribution in [3.8, 4) is 0 Å². The van der Waals surface area contributed by atoms with Crippen LogP contribution < -0.4 is 0 Å². The monoisotopic (exact) mass is 336 g/mol. The van der Waals surface area contributed by atoms with Gasteiger partial charge >= 0.3 is 0 Å². The molecule has 0 aromatic rings. The fourth-order valence-corrected chi connectivity index (χ4v) is 7.74. The number of fused-ring (bicyclic) bond motifs is 5. The first-order valence-electron chi connectivity index (χ1n) is 10.4. The number of aliphatic hydroxyl groups is 2. The highest BCUT2D eigenvalue weighted by Gasteiger charge is 2.61. The lowest BCUT2D eigenvalue weighted by Gasteiger charge is -2.61. The maximum atomic E-state index is 10.6. The third-order valence-corrected chi connectivity index (χ3v) is 9.01. The van der Waals surface area contributed by atoms with Gasteiger partial charge in [0.2, 0.25) is 0 Å². The van der Waals surface area contributed by atoms with Gasteiger partial charge in [-0.3, -0.25) is 0 Å². The van der Waals surface area contributed by atoms with Crippen molar-refractivity contribution in [1.29, 1.82) is 0 Å². The molecule has 0 unspecified atom stereocenters. The maximum Gasteiger partial charge on any atom is 0.0832 e. The smallest absolute Gasteiger partial charge is 0.0832 e. The first-order valence-corrected chi connectivity index (χ1v) is 10.4. The Morgan fingerprint density at radius 1 is 0.833 bits per heavy atom. The van der Waals surface area contributed by atoms with Crippen molar-refractivity contribution in [3.63, 3.8) is 0 Å². The summed E-state index contributed by atoms with van der Waals surface area (Å²) in [5.74, 6) is 2.64. The molecule has 9 atom stereocenters. The largest absolute Gasteiger partial charge is 0.390 e. The summed E-state index contributed by atoms with van der Waals surface area (Å²) in [5, 5.41) is 20.8. The van der Waals surface area contributed by atoms with E-state index in [0.29, 0.717) is 17.4 Å². The Morgan fingerprint density at radius 2 is 1.50 bits per heavy atom. The zero-order valence-corrected chi connectivity index (χ0v) is 15.7. The van der Waals surface area contributed by atoms with Crippen LogP contribution in [-0.4, -0.2) is 35.1 Å². The summed E-state index contributed by atoms with van der Waals surface area (Å²) in [6.07, 6.45) is 8.80. The minimum Gasteiger partial charge on any atom is -0.390 e. The van der Waals surface area contributed by atoms with E-state index >= 15 is 0 Å². The number of rotatable bonds is 2. The molecule has 0 bridgehead atoms. The molecular formula is C21H36O3. The van der Waals surface area contributed by atoms with Gasteiger partial charge in [0, 0.05) is 6.61 Å². The predicted molar refractivity (Wildman–Crippen MR) is 94.5 cm³/mol. The first kappa shape index (κ1) is 17.3. The van der Waals surface area contributed by atoms with E-state index in [-0.39, 0.29) is 5.41 Å². The third kappa shape index (κ3) is 2.27. The zero-order valence-electron chi connectivity index (χ0n) is 15.7. The van der Waals surface area contributed by atoms with Crippen LogP contribution >= 0.6 is 0 Å². The van der Waals surface area contributed by atoms with Gasteiger partial charge in [0.1, 0.15) is 0 Å². The number of hydrogen-bond donors (Lipinski definition) is 2. The Balaban J connectivity index is 1.59. The van der Waals surface area contributed by atoms with Gasteiger partial charge in [-0.05, 0) is 92.8 Å². The fourth-order valence-electron chi connectivity index (χ4n) is 7.74. The quantitative estimate of drug-likeness (QED) is 0.807. The van der Waals surface area contributed by atoms with E-state index in [1.165, 1.54) is 32.1 Å². The molecule has 0 saturated heterocycles. The molecule has 4 rings (SSSR count). The molecule has 0 radical (unpaired) electrons. The summed E-state index contributed by atoms with van der Waals surface area (Å²) < 4.78 is 6.14. The molecular weight excluding hydrogens is 300 g/mol. The lowest BCUT2D eigenvalue weighted by Crippen LogP contribution is -2.58. The predicted octanol–water partition coefficient (Wildman–Crippen LogP) is 3.77. The van der Waals surface area contributed by atoms with Crippen LogP contribution in [0.1, 0.15) is 72.1 Å². The molecule has 0 aliphatic heterocycles. The van der Waals surface area contributed by atoms with Crippen molar-refractivity contribution in [3.05, 3.63) is 0 Å². The van der Waals surface area contributed by atoms with E-state index in [2.05, 4.69) is 20.8 Å². The van der Waals surface area contributed by atoms with Gasteiger partial charge in [-0.2, -0.15) is 0 Å². The van der Waals surface area contributed by atoms with Crippen LogP contribution in [0, 0.1) is 34.5 Å². The Morgan fingerprint density at radius 3 is 2.25 bits per heavy atom. The van der Waals surface area contributed by atoms with Gasteiger partial charge in [-0.15, -0.1) is 0 Å². The summed E-state index contributed by atoms with van der Waals surface area (Å²) in [6.45, 7) is 7.89. The van der Waals surface area contributed by atoms with E-state index in [1.54, 1.807) is 0 Å². The van der Waals surface area contributed by atoms with Gasteiger partial charge in [-0.1, -0.05) is 13.8 Å². The average Bonchev–Trinajstić information content (AvgIpc) is 2.89. The molecule has 0 aromatic heterocycles. The second-order valence-corrected chi connectivity index (χ2v) is 9.73. The van der Waals surface area contributed by atoms with E-state index in [1.807, 2.05) is 0 Å². The van der Waals surface area contributed by atoms with Gasteiger partial charge in [-0.25, -0.2) is 0 Å². The second-order valence-electron chi connectivity index (χ2n) is 9.73. The van der Waals surface area contributed by atoms with Crippen molar-refractivity contribution in [2.24, 2.45) is 34.5 Å². The number of ether oxygens (including phenoxy) is 1. The van der Waals surface area contributed by atoms with Crippen molar-refractivity contribution in [2.75, 3.05) is 6.61 Å². The molecule has 0 heterocycles. The highest BCUT2D eigenvalue weighted by molar-refractivity contribution is 5.11. The molecule has 4 aliphatic rings. The highest BCUT2D eigenvalue weighted by atomic mass is 16.5. The molecule has 2 N–H and O–H groups in total. The van der Waals surface area contributed by atoms with Crippen molar-refractivity contribution in [2.45, 2.75) is 90.4 Å². The van der Waals surface area contributed by atoms with Crippen LogP contribution in [0.25, 0.3) is 0 Å². The molecule has 4 aliphatic carbocycles. The fraction of sp³-hybridized carbons (Fsp3) is 1.00. The molecule has 0 amide bonds. The van der Waals surface area contributed by atoms with Crippen LogP contribution in [-0.2, 0) is 4.74 Å². The van der Waals surface area contributed by atoms with Crippen LogP contribution in [0.3, 0.4) is 0 Å². The SMILES string of the molecule is CCO[C@H]1CC[C@H]2[C@@H]3CC[C@H]4[C@@H](O)[C@H](O)CC[C@]4(C)[C@H]3CC[C@]12C. The van der Waals surface area contributed by atoms with Crippen LogP contribution in [0.4, 0.5) is 0 Å². The molecule has 138 valence electrons. The van der Waals surface area contributed by atoms with Crippen LogP contribution in [0.2, 0.25) is 0 Å². The normalized spacial score (nSPS) is 57.1. The summed E-state index contributed by atoms with van der Waals surface area (Å²) in [4.78, 5) is 0. The van der Waals surface area contributed by atoms with Crippen LogP contribution in [0.5, 0.6) is 0 Å². The lowest BCUT2D eigenvalue weighted by atomic mass is 9.44. The molecule has 4 saturated carbocycles. The molecule has 3 nitrogen and oxygen atoms in total. The molecule has 0 spiro atoms. The van der Waals surface area contributed by atoms with Crippen molar-refractivity contribution >= 4 is 0 Å². The summed E-state index contributed by atoms with van der Waals surface area (Å²) >= 11 is 0. The standard InChI is InChI=1S/C21H36O3/c1-4-24-18-8-7-14-13-5-6-16-19(23)17(22)10-12-20(16,2)15(13)9-11-21(14,18)3/h13-19,22-23H,4-12H2,1-3H3/t13-,14-,15-,16-,17+,18-,19+,20+,21-/m0/s1. The number of hydrogen-bond acceptors (Lipinski definition) is 3. The minimum atomic E-state index is -0.502. The highest BCUT2D eigenvalue weighted by Crippen LogP contribution is 2.66. The minimum absolute atomic E-state index is 0.229. The second kappa shape index (κ2) is 5.96. The Labute approximate surface area is 147 Å². The van der Waals surface area contributed by atoms with E-state index in [9.17, 15) is 10.2 Å². The molecule has 3 heteroatoms. The van der Waals surface area contributed by atoms with Gasteiger partial charge in [0.05, 0.1) is 18.3 Å². The maximum absolute atomic E-state index is 10.6. The molecule has 4 fully saturated rings. The van der Waals surface area contributed by atoms with E-state index in [0.717, 1.165) is 43.6 Å². The van der Waals surface area contributed by atoms with Gasteiger partial charge in [0.15, 0.2) is 0 Å². The van der Waals surface area contributed by atoms with Gasteiger partial charge in [0.25, 0.3) is 0 Å². The zero-order chi connectivity index (χ0) is 17.1. The van der Waals surface area contributed by atoms with Crippen molar-refractivity contribution < 1.29 is 14.9 Å². The van der Waals surface area contributed by atoms with E-state index < -0.39 is 12.2 Å². The van der Waals surface area contributed by atoms with Gasteiger partial charge < -0.3 is 14.9 Å². The third-order valence-electron chi connectivity index (χ3n) is 9.01. The topological polar surface area (TPSA) is 49.7 Å². The average molecular weight is 337 g/mol. The van der Waals surface area contributed by atoms with E-state index in [4.69, 9.17) is 4.74 Å². The first-order chi connectivity index (χ1) is 11.4. The Kier molecular flexibility index (Phi) is 4.29. The molecule has 0 aromatic carbocycles. The Hall–Kier alpha value is -0.120. The van der Waals surface area contributed by atoms with Crippen LogP contribution in [0.15, 0.2) is 0 Å². The number of aliphatic hydroxyl groups excluding tert-OH is 2. The summed E-state index contributed by atoms with van der Waals surface area (Å²) in [7, 11) is 0. The summed E-state index contributed by atoms with van der Waals surface area (Å²) in [6, 6.07) is 0. The Bertz CT molecular complexity index is 480. The lowest BCUT2D eigenvalue weighted by molar-refractivity contribution is -0.178. The van der Waals surface area contributed by atoms with Crippen molar-refractivity contribution in [1.82, 2.24) is 0 Å². The molecule has 24 heavy (non-hydrogen) atoms.